The highest BCUT2D eigenvalue weighted by molar-refractivity contribution is 7.22. The Bertz CT molecular complexity index is 804. The fourth-order valence-electron chi connectivity index (χ4n) is 4.04. The molecule has 0 saturated heterocycles. The first-order valence-corrected chi connectivity index (χ1v) is 11.5. The Hall–Kier alpha value is -1.70. The first-order valence-electron chi connectivity index (χ1n) is 10.7. The van der Waals surface area contributed by atoms with Gasteiger partial charge in [0.1, 0.15) is 0 Å². The summed E-state index contributed by atoms with van der Waals surface area (Å²) >= 11 is 1.59. The molecule has 1 saturated carbocycles. The van der Waals surface area contributed by atoms with E-state index in [0.29, 0.717) is 30.2 Å². The van der Waals surface area contributed by atoms with E-state index in [9.17, 15) is 9.90 Å². The largest absolute Gasteiger partial charge is 0.393 e. The van der Waals surface area contributed by atoms with E-state index in [4.69, 9.17) is 0 Å². The Kier molecular flexibility index (Phi) is 7.49. The van der Waals surface area contributed by atoms with Crippen molar-refractivity contribution in [2.24, 2.45) is 0 Å². The molecule has 0 unspecified atom stereocenters. The van der Waals surface area contributed by atoms with Crippen molar-refractivity contribution in [1.82, 2.24) is 15.2 Å². The third kappa shape index (κ3) is 5.90. The number of aliphatic hydroxyl groups is 1. The van der Waals surface area contributed by atoms with Crippen LogP contribution in [0.3, 0.4) is 0 Å². The lowest BCUT2D eigenvalue weighted by molar-refractivity contribution is 0.0939. The summed E-state index contributed by atoms with van der Waals surface area (Å²) in [5.41, 5.74) is 1.59. The minimum absolute atomic E-state index is 0.0384. The molecule has 3 N–H and O–H groups in total. The van der Waals surface area contributed by atoms with E-state index < -0.39 is 0 Å². The molecule has 1 aliphatic carbocycles. The normalized spacial score (nSPS) is 20.0. The second kappa shape index (κ2) is 9.87. The number of benzene rings is 1. The summed E-state index contributed by atoms with van der Waals surface area (Å²) in [5.74, 6) is -0.0384. The van der Waals surface area contributed by atoms with E-state index in [0.717, 1.165) is 47.6 Å². The predicted molar refractivity (Wildman–Crippen MR) is 121 cm³/mol. The molecule has 1 amide bonds. The molecule has 1 aromatic heterocycles. The van der Waals surface area contributed by atoms with Crippen LogP contribution in [0.15, 0.2) is 18.2 Å². The van der Waals surface area contributed by atoms with Crippen LogP contribution in [0, 0.1) is 0 Å². The minimum atomic E-state index is -0.155. The quantitative estimate of drug-likeness (QED) is 0.607. The Morgan fingerprint density at radius 1 is 1.21 bits per heavy atom. The van der Waals surface area contributed by atoms with E-state index >= 15 is 0 Å². The molecule has 160 valence electrons. The Labute approximate surface area is 177 Å². The van der Waals surface area contributed by atoms with E-state index in [1.807, 2.05) is 18.2 Å². The fourth-order valence-corrected chi connectivity index (χ4v) is 5.02. The number of hydrogen-bond donors (Lipinski definition) is 3. The van der Waals surface area contributed by atoms with Gasteiger partial charge in [0.05, 0.1) is 16.3 Å². The number of rotatable bonds is 8. The third-order valence-corrected chi connectivity index (χ3v) is 6.61. The van der Waals surface area contributed by atoms with Crippen molar-refractivity contribution in [2.75, 3.05) is 18.4 Å². The number of carbonyl (C=O) groups is 1. The minimum Gasteiger partial charge on any atom is -0.393 e. The van der Waals surface area contributed by atoms with Gasteiger partial charge < -0.3 is 15.7 Å². The molecule has 0 bridgehead atoms. The molecule has 29 heavy (non-hydrogen) atoms. The first kappa shape index (κ1) is 22.0. The van der Waals surface area contributed by atoms with Crippen LogP contribution in [0.5, 0.6) is 0 Å². The zero-order valence-corrected chi connectivity index (χ0v) is 18.8. The van der Waals surface area contributed by atoms with E-state index in [1.54, 1.807) is 11.3 Å². The average Bonchev–Trinajstić information content (AvgIpc) is 3.07. The summed E-state index contributed by atoms with van der Waals surface area (Å²) in [6.45, 7) is 10.2. The number of nitrogens with zero attached hydrogens (tertiary/aromatic N) is 2. The summed E-state index contributed by atoms with van der Waals surface area (Å²) in [5, 5.41) is 17.1. The standard InChI is InChI=1S/C22H34N4O2S/c1-14(2)26(15(3)4)12-11-23-21(28)16-5-10-19-20(13-16)29-22(25-19)24-17-6-8-18(27)9-7-17/h5,10,13-15,17-18,27H,6-9,11-12H2,1-4H3,(H,23,28)(H,24,25). The van der Waals surface area contributed by atoms with Gasteiger partial charge in [-0.1, -0.05) is 11.3 Å². The molecule has 1 heterocycles. The highest BCUT2D eigenvalue weighted by Gasteiger charge is 2.20. The summed E-state index contributed by atoms with van der Waals surface area (Å²) in [7, 11) is 0. The van der Waals surface area contributed by atoms with E-state index in [2.05, 4.69) is 48.2 Å². The Morgan fingerprint density at radius 3 is 2.55 bits per heavy atom. The molecule has 0 aliphatic heterocycles. The van der Waals surface area contributed by atoms with Crippen LogP contribution in [0.4, 0.5) is 5.13 Å². The van der Waals surface area contributed by atoms with E-state index in [-0.39, 0.29) is 12.0 Å². The molecular formula is C22H34N4O2S. The third-order valence-electron chi connectivity index (χ3n) is 5.66. The maximum atomic E-state index is 12.6. The summed E-state index contributed by atoms with van der Waals surface area (Å²) in [6, 6.07) is 6.98. The number of aromatic nitrogens is 1. The van der Waals surface area contributed by atoms with Gasteiger partial charge in [0.2, 0.25) is 0 Å². The molecular weight excluding hydrogens is 384 g/mol. The molecule has 0 atom stereocenters. The number of amides is 1. The number of nitrogens with one attached hydrogen (secondary N) is 2. The van der Waals surface area contributed by atoms with Crippen molar-refractivity contribution in [3.8, 4) is 0 Å². The Balaban J connectivity index is 1.58. The zero-order valence-electron chi connectivity index (χ0n) is 17.9. The second-order valence-corrected chi connectivity index (χ2v) is 9.56. The molecule has 0 radical (unpaired) electrons. The number of carbonyl (C=O) groups excluding carboxylic acids is 1. The lowest BCUT2D eigenvalue weighted by Gasteiger charge is -2.30. The highest BCUT2D eigenvalue weighted by Crippen LogP contribution is 2.29. The van der Waals surface area contributed by atoms with Crippen molar-refractivity contribution < 1.29 is 9.90 Å². The van der Waals surface area contributed by atoms with Crippen molar-refractivity contribution in [3.63, 3.8) is 0 Å². The maximum absolute atomic E-state index is 12.6. The van der Waals surface area contributed by atoms with Crippen molar-refractivity contribution >= 4 is 32.6 Å². The molecule has 6 nitrogen and oxygen atoms in total. The van der Waals surface area contributed by atoms with Gasteiger partial charge in [0.25, 0.3) is 5.91 Å². The van der Waals surface area contributed by atoms with Crippen molar-refractivity contribution in [2.45, 2.75) is 77.6 Å². The van der Waals surface area contributed by atoms with Crippen LogP contribution in [-0.2, 0) is 0 Å². The van der Waals surface area contributed by atoms with Crippen LogP contribution in [0.1, 0.15) is 63.7 Å². The van der Waals surface area contributed by atoms with Gasteiger partial charge in [-0.2, -0.15) is 0 Å². The van der Waals surface area contributed by atoms with Crippen LogP contribution in [0.2, 0.25) is 0 Å². The van der Waals surface area contributed by atoms with Gasteiger partial charge in [0.15, 0.2) is 5.13 Å². The maximum Gasteiger partial charge on any atom is 0.251 e. The smallest absolute Gasteiger partial charge is 0.251 e. The van der Waals surface area contributed by atoms with Crippen molar-refractivity contribution in [3.05, 3.63) is 23.8 Å². The lowest BCUT2D eigenvalue weighted by atomic mass is 9.93. The number of thiazole rings is 1. The molecule has 7 heteroatoms. The molecule has 1 aromatic carbocycles. The van der Waals surface area contributed by atoms with Gasteiger partial charge in [-0.05, 0) is 71.6 Å². The first-order chi connectivity index (χ1) is 13.8. The molecule has 3 rings (SSSR count). The summed E-state index contributed by atoms with van der Waals surface area (Å²) < 4.78 is 1.02. The van der Waals surface area contributed by atoms with E-state index in [1.165, 1.54) is 0 Å². The average molecular weight is 419 g/mol. The second-order valence-electron chi connectivity index (χ2n) is 8.53. The van der Waals surface area contributed by atoms with Crippen LogP contribution in [-0.4, -0.2) is 58.2 Å². The van der Waals surface area contributed by atoms with Gasteiger partial charge in [0, 0.05) is 36.8 Å². The molecule has 0 spiro atoms. The van der Waals surface area contributed by atoms with Gasteiger partial charge >= 0.3 is 0 Å². The number of hydrogen-bond acceptors (Lipinski definition) is 6. The van der Waals surface area contributed by atoms with Crippen molar-refractivity contribution in [1.29, 1.82) is 0 Å². The predicted octanol–water partition coefficient (Wildman–Crippen LogP) is 3.86. The Morgan fingerprint density at radius 2 is 1.90 bits per heavy atom. The summed E-state index contributed by atoms with van der Waals surface area (Å²) in [6.07, 6.45) is 3.47. The van der Waals surface area contributed by atoms with Gasteiger partial charge in [-0.15, -0.1) is 0 Å². The zero-order chi connectivity index (χ0) is 21.0. The van der Waals surface area contributed by atoms with Gasteiger partial charge in [-0.25, -0.2) is 4.98 Å². The highest BCUT2D eigenvalue weighted by atomic mass is 32.1. The SMILES string of the molecule is CC(C)N(CCNC(=O)c1ccc2nc(NC3CCC(O)CC3)sc2c1)C(C)C. The molecule has 1 aliphatic rings. The molecule has 2 aromatic rings. The van der Waals surface area contributed by atoms with Crippen LogP contribution in [0.25, 0.3) is 10.2 Å². The molecule has 1 fully saturated rings. The monoisotopic (exact) mass is 418 g/mol. The number of anilines is 1. The van der Waals surface area contributed by atoms with Crippen LogP contribution < -0.4 is 10.6 Å². The summed E-state index contributed by atoms with van der Waals surface area (Å²) in [4.78, 5) is 19.6. The number of fused-ring (bicyclic) bond motifs is 1. The van der Waals surface area contributed by atoms with Gasteiger partial charge in [-0.3, -0.25) is 9.69 Å². The van der Waals surface area contributed by atoms with Crippen LogP contribution >= 0.6 is 11.3 Å². The topological polar surface area (TPSA) is 77.5 Å². The number of aliphatic hydroxyl groups excluding tert-OH is 1. The lowest BCUT2D eigenvalue weighted by Crippen LogP contribution is -2.42. The fraction of sp³-hybridized carbons (Fsp3) is 0.636.